The molecule has 0 aliphatic carbocycles. The van der Waals surface area contributed by atoms with Crippen LogP contribution in [-0.4, -0.2) is 66.0 Å². The van der Waals surface area contributed by atoms with Crippen molar-refractivity contribution in [1.82, 2.24) is 9.80 Å². The molecule has 3 amide bonds. The molecule has 0 bridgehead atoms. The fourth-order valence-electron chi connectivity index (χ4n) is 3.31. The Kier molecular flexibility index (Phi) is 5.86. The summed E-state index contributed by atoms with van der Waals surface area (Å²) in [6, 6.07) is 7.81. The van der Waals surface area contributed by atoms with Crippen LogP contribution in [-0.2, 0) is 14.4 Å². The number of para-hydroxylation sites is 1. The third-order valence-corrected chi connectivity index (χ3v) is 5.84. The number of rotatable bonds is 4. The van der Waals surface area contributed by atoms with Gasteiger partial charge in [0.05, 0.1) is 11.4 Å². The fourth-order valence-corrected chi connectivity index (χ4v) is 4.24. The first-order valence-electron chi connectivity index (χ1n) is 9.06. The molecular formula is C19H25N3O3S. The van der Waals surface area contributed by atoms with Crippen molar-refractivity contribution in [3.8, 4) is 0 Å². The number of thioether (sulfide) groups is 1. The van der Waals surface area contributed by atoms with E-state index in [0.717, 1.165) is 10.6 Å². The first kappa shape index (κ1) is 18.8. The van der Waals surface area contributed by atoms with Gasteiger partial charge in [-0.05, 0) is 12.1 Å². The molecule has 0 N–H and O–H groups in total. The molecule has 0 unspecified atom stereocenters. The second-order valence-electron chi connectivity index (χ2n) is 6.91. The van der Waals surface area contributed by atoms with Gasteiger partial charge in [-0.15, -0.1) is 11.8 Å². The Morgan fingerprint density at radius 3 is 2.42 bits per heavy atom. The van der Waals surface area contributed by atoms with Gasteiger partial charge in [0, 0.05) is 50.0 Å². The minimum absolute atomic E-state index is 0.0136. The summed E-state index contributed by atoms with van der Waals surface area (Å²) < 4.78 is 0. The highest BCUT2D eigenvalue weighted by atomic mass is 32.2. The molecular weight excluding hydrogens is 350 g/mol. The zero-order valence-electron chi connectivity index (χ0n) is 15.3. The van der Waals surface area contributed by atoms with Crippen LogP contribution in [0.4, 0.5) is 5.69 Å². The third kappa shape index (κ3) is 4.03. The summed E-state index contributed by atoms with van der Waals surface area (Å²) in [5, 5.41) is 0. The van der Waals surface area contributed by atoms with Crippen molar-refractivity contribution in [2.75, 3.05) is 43.4 Å². The summed E-state index contributed by atoms with van der Waals surface area (Å²) in [4.78, 5) is 43.3. The van der Waals surface area contributed by atoms with Crippen molar-refractivity contribution in [1.29, 1.82) is 0 Å². The van der Waals surface area contributed by atoms with Gasteiger partial charge in [-0.1, -0.05) is 26.0 Å². The molecule has 1 fully saturated rings. The Bertz CT molecular complexity index is 699. The Morgan fingerprint density at radius 2 is 1.73 bits per heavy atom. The predicted octanol–water partition coefficient (Wildman–Crippen LogP) is 1.84. The first-order chi connectivity index (χ1) is 12.5. The minimum atomic E-state index is -0.0136. The van der Waals surface area contributed by atoms with Crippen LogP contribution >= 0.6 is 11.8 Å². The lowest BCUT2D eigenvalue weighted by molar-refractivity contribution is -0.141. The Labute approximate surface area is 158 Å². The predicted molar refractivity (Wildman–Crippen MR) is 102 cm³/mol. The lowest BCUT2D eigenvalue weighted by atomic mass is 10.1. The molecule has 0 saturated carbocycles. The van der Waals surface area contributed by atoms with Crippen molar-refractivity contribution < 1.29 is 14.4 Å². The average molecular weight is 375 g/mol. The van der Waals surface area contributed by atoms with Gasteiger partial charge < -0.3 is 14.7 Å². The molecule has 7 heteroatoms. The summed E-state index contributed by atoms with van der Waals surface area (Å²) in [6.07, 6.45) is 0.308. The molecule has 1 aromatic carbocycles. The molecule has 140 valence electrons. The van der Waals surface area contributed by atoms with Crippen LogP contribution in [0.15, 0.2) is 29.2 Å². The number of anilines is 1. The van der Waals surface area contributed by atoms with E-state index in [-0.39, 0.29) is 23.6 Å². The summed E-state index contributed by atoms with van der Waals surface area (Å²) in [5.74, 6) is 0.644. The number of hydrogen-bond acceptors (Lipinski definition) is 4. The van der Waals surface area contributed by atoms with Gasteiger partial charge in [-0.3, -0.25) is 14.4 Å². The van der Waals surface area contributed by atoms with Gasteiger partial charge in [0.15, 0.2) is 0 Å². The smallest absolute Gasteiger partial charge is 0.237 e. The zero-order chi connectivity index (χ0) is 18.7. The van der Waals surface area contributed by atoms with Gasteiger partial charge in [0.2, 0.25) is 17.7 Å². The summed E-state index contributed by atoms with van der Waals surface area (Å²) in [5.41, 5.74) is 0.897. The zero-order valence-corrected chi connectivity index (χ0v) is 16.1. The molecule has 0 aromatic heterocycles. The molecule has 0 spiro atoms. The summed E-state index contributed by atoms with van der Waals surface area (Å²) in [7, 11) is 0. The highest BCUT2D eigenvalue weighted by Gasteiger charge is 2.28. The maximum Gasteiger partial charge on any atom is 0.237 e. The quantitative estimate of drug-likeness (QED) is 0.806. The molecule has 1 saturated heterocycles. The minimum Gasteiger partial charge on any atom is -0.339 e. The van der Waals surface area contributed by atoms with Crippen LogP contribution in [0.2, 0.25) is 0 Å². The molecule has 6 nitrogen and oxygen atoms in total. The Hall–Kier alpha value is -2.02. The van der Waals surface area contributed by atoms with Crippen molar-refractivity contribution in [2.24, 2.45) is 5.92 Å². The van der Waals surface area contributed by atoms with E-state index in [1.807, 2.05) is 43.0 Å². The standard InChI is InChI=1S/C19H25N3O3S/c1-14(2)19(25)21-11-9-20(10-12-21)17(23)7-8-22-15-5-3-4-6-16(15)26-13-18(22)24/h3-6,14H,7-13H2,1-2H3. The van der Waals surface area contributed by atoms with E-state index < -0.39 is 0 Å². The van der Waals surface area contributed by atoms with E-state index in [1.54, 1.807) is 21.6 Å². The SMILES string of the molecule is CC(C)C(=O)N1CCN(C(=O)CCN2C(=O)CSc3ccccc32)CC1. The number of hydrogen-bond donors (Lipinski definition) is 0. The Balaban J connectivity index is 1.54. The topological polar surface area (TPSA) is 60.9 Å². The van der Waals surface area contributed by atoms with E-state index in [0.29, 0.717) is 44.9 Å². The summed E-state index contributed by atoms with van der Waals surface area (Å²) >= 11 is 1.54. The van der Waals surface area contributed by atoms with Crippen molar-refractivity contribution in [2.45, 2.75) is 25.2 Å². The molecule has 1 aromatic rings. The van der Waals surface area contributed by atoms with E-state index in [1.165, 1.54) is 0 Å². The maximum atomic E-state index is 12.5. The number of benzene rings is 1. The van der Waals surface area contributed by atoms with Crippen LogP contribution < -0.4 is 4.90 Å². The van der Waals surface area contributed by atoms with Crippen LogP contribution in [0.1, 0.15) is 20.3 Å². The molecule has 3 rings (SSSR count). The highest BCUT2D eigenvalue weighted by Crippen LogP contribution is 2.34. The van der Waals surface area contributed by atoms with E-state index in [4.69, 9.17) is 0 Å². The van der Waals surface area contributed by atoms with E-state index in [9.17, 15) is 14.4 Å². The molecule has 2 heterocycles. The van der Waals surface area contributed by atoms with Gasteiger partial charge in [0.25, 0.3) is 0 Å². The second-order valence-corrected chi connectivity index (χ2v) is 7.93. The number of amides is 3. The lowest BCUT2D eigenvalue weighted by Gasteiger charge is -2.36. The average Bonchev–Trinajstić information content (AvgIpc) is 2.66. The lowest BCUT2D eigenvalue weighted by Crippen LogP contribution is -2.52. The molecule has 2 aliphatic heterocycles. The van der Waals surface area contributed by atoms with Gasteiger partial charge in [0.1, 0.15) is 0 Å². The maximum absolute atomic E-state index is 12.5. The second kappa shape index (κ2) is 8.12. The van der Waals surface area contributed by atoms with Gasteiger partial charge in [-0.2, -0.15) is 0 Å². The van der Waals surface area contributed by atoms with Crippen molar-refractivity contribution in [3.05, 3.63) is 24.3 Å². The van der Waals surface area contributed by atoms with Crippen molar-refractivity contribution in [3.63, 3.8) is 0 Å². The number of fused-ring (bicyclic) bond motifs is 1. The number of carbonyl (C=O) groups is 3. The molecule has 2 aliphatic rings. The van der Waals surface area contributed by atoms with Crippen LogP contribution in [0.5, 0.6) is 0 Å². The van der Waals surface area contributed by atoms with Crippen LogP contribution in [0.3, 0.4) is 0 Å². The van der Waals surface area contributed by atoms with Gasteiger partial charge >= 0.3 is 0 Å². The molecule has 26 heavy (non-hydrogen) atoms. The van der Waals surface area contributed by atoms with Crippen molar-refractivity contribution >= 4 is 35.2 Å². The van der Waals surface area contributed by atoms with Gasteiger partial charge in [-0.25, -0.2) is 0 Å². The van der Waals surface area contributed by atoms with E-state index in [2.05, 4.69) is 0 Å². The number of carbonyl (C=O) groups excluding carboxylic acids is 3. The van der Waals surface area contributed by atoms with Crippen LogP contribution in [0, 0.1) is 5.92 Å². The molecule has 0 radical (unpaired) electrons. The monoisotopic (exact) mass is 375 g/mol. The largest absolute Gasteiger partial charge is 0.339 e. The highest BCUT2D eigenvalue weighted by molar-refractivity contribution is 8.00. The Morgan fingerprint density at radius 1 is 1.08 bits per heavy atom. The normalized spacial score (nSPS) is 17.5. The summed E-state index contributed by atoms with van der Waals surface area (Å²) in [6.45, 7) is 6.50. The number of piperazine rings is 1. The third-order valence-electron chi connectivity index (χ3n) is 4.80. The van der Waals surface area contributed by atoms with E-state index >= 15 is 0 Å². The fraction of sp³-hybridized carbons (Fsp3) is 0.526. The first-order valence-corrected chi connectivity index (χ1v) is 10.0. The molecule has 0 atom stereocenters. The number of nitrogens with zero attached hydrogens (tertiary/aromatic N) is 3. The van der Waals surface area contributed by atoms with Crippen LogP contribution in [0.25, 0.3) is 0 Å².